The summed E-state index contributed by atoms with van der Waals surface area (Å²) in [4.78, 5) is 66.5. The Hall–Kier alpha value is -5.32. The van der Waals surface area contributed by atoms with Gasteiger partial charge in [-0.3, -0.25) is 28.8 Å². The van der Waals surface area contributed by atoms with Gasteiger partial charge in [0.1, 0.15) is 53.4 Å². The summed E-state index contributed by atoms with van der Waals surface area (Å²) in [6.07, 6.45) is -5.64. The zero-order valence-electron chi connectivity index (χ0n) is 62.9. The van der Waals surface area contributed by atoms with E-state index in [-0.39, 0.29) is 38.4 Å². The van der Waals surface area contributed by atoms with Crippen molar-refractivity contribution in [1.82, 2.24) is 0 Å². The third-order valence-electron chi connectivity index (χ3n) is 15.7. The molecule has 0 bridgehead atoms. The van der Waals surface area contributed by atoms with Crippen molar-refractivity contribution in [1.29, 1.82) is 0 Å². The van der Waals surface area contributed by atoms with Crippen molar-refractivity contribution in [3.05, 3.63) is 23.3 Å². The first-order valence-electron chi connectivity index (χ1n) is 32.1. The number of hydrogen-bond acceptors (Lipinski definition) is 27. The zero-order chi connectivity index (χ0) is 86.6. The molecule has 0 aliphatic rings. The van der Waals surface area contributed by atoms with Gasteiger partial charge in [-0.05, 0) is 141 Å². The van der Waals surface area contributed by atoms with Crippen LogP contribution in [0.3, 0.4) is 0 Å². The molecule has 0 fully saturated rings. The standard InChI is InChI=1S/C12H12F4O5S.C12H22F2O2.C11H20F2O5S.C10H18F2O5S.C9H15F3O5S.C8H16O5S/c1-4-12(2,3)11(17)21-9-5(13)7(15)10(22(18,19)20)8(16)6(9)14;1-5-11(2,3)10(15)16-9-7-6-8-12(4,13)14;1-5-10(3,4)9(14)18-6-8(2)11(12,13)7-19(15,16)17;1-4-9(2,3)8(13)17-6-5-10(11,12)7-18(14,15)16;1-4-8(2,3)7(13)17-6(9(10,11)12)5-18(14,15)16;1-4-8(2,3)7(9)13-5-6-14(10,11)12/h4H2,1-3H3,(H,18,19,20);5-9H2,1-4H3;8H,5-7H2,1-4H3,(H,15,16,17);4-7H2,1-3H3,(H,14,15,16);6H,4-5H2,1-3H3,(H,14,15,16);4-6H2,1-3H3,(H,10,11,12)/p-5. The highest BCUT2D eigenvalue weighted by Gasteiger charge is 2.46. The van der Waals surface area contributed by atoms with Gasteiger partial charge in [-0.1, -0.05) is 48.5 Å². The lowest BCUT2D eigenvalue weighted by Gasteiger charge is -2.27. The molecule has 27 nitrogen and oxygen atoms in total. The Balaban J connectivity index is -0.000000391. The van der Waals surface area contributed by atoms with Crippen molar-refractivity contribution in [2.75, 3.05) is 49.4 Å². The van der Waals surface area contributed by atoms with Crippen LogP contribution in [0.5, 0.6) is 5.75 Å². The third-order valence-corrected chi connectivity index (χ3v) is 19.4. The van der Waals surface area contributed by atoms with Gasteiger partial charge in [-0.2, -0.15) is 22.0 Å². The van der Waals surface area contributed by atoms with Gasteiger partial charge in [-0.25, -0.2) is 77.2 Å². The van der Waals surface area contributed by atoms with Crippen LogP contribution in [0, 0.1) is 61.7 Å². The molecule has 634 valence electrons. The number of halogens is 13. The van der Waals surface area contributed by atoms with E-state index < -0.39 is 225 Å². The van der Waals surface area contributed by atoms with Crippen molar-refractivity contribution < 1.29 is 179 Å². The second-order valence-electron chi connectivity index (χ2n) is 27.8. The third kappa shape index (κ3) is 47.5. The van der Waals surface area contributed by atoms with E-state index in [1.165, 1.54) is 27.7 Å². The Morgan fingerprint density at radius 1 is 0.402 bits per heavy atom. The zero-order valence-corrected chi connectivity index (χ0v) is 66.9. The van der Waals surface area contributed by atoms with Crippen LogP contribution >= 0.6 is 0 Å². The Morgan fingerprint density at radius 2 is 0.729 bits per heavy atom. The van der Waals surface area contributed by atoms with Crippen molar-refractivity contribution >= 4 is 86.4 Å². The van der Waals surface area contributed by atoms with E-state index in [1.807, 2.05) is 27.7 Å². The van der Waals surface area contributed by atoms with Crippen LogP contribution < -0.4 is 4.74 Å². The first-order valence-corrected chi connectivity index (χ1v) is 39.8. The highest BCUT2D eigenvalue weighted by Crippen LogP contribution is 2.36. The predicted molar refractivity (Wildman–Crippen MR) is 350 cm³/mol. The summed E-state index contributed by atoms with van der Waals surface area (Å²) in [5, 5.41) is 0. The van der Waals surface area contributed by atoms with E-state index in [2.05, 4.69) is 18.9 Å². The largest absolute Gasteiger partial charge is 0.748 e. The number of hydrogen-bond donors (Lipinski definition) is 0. The van der Waals surface area contributed by atoms with E-state index in [1.54, 1.807) is 69.2 Å². The molecular formula is C62H98F13O27S5-5. The topological polar surface area (TPSA) is 444 Å². The Morgan fingerprint density at radius 3 is 1.04 bits per heavy atom. The molecule has 2 unspecified atom stereocenters. The number of unbranched alkanes of at least 4 members (excludes halogenated alkanes) is 1. The second-order valence-corrected chi connectivity index (χ2v) is 34.9. The minimum absolute atomic E-state index is 0.151. The van der Waals surface area contributed by atoms with E-state index in [4.69, 9.17) is 9.47 Å². The molecule has 45 heteroatoms. The molecule has 0 heterocycles. The Bertz CT molecular complexity index is 3600. The summed E-state index contributed by atoms with van der Waals surface area (Å²) in [7, 11) is -25.3. The van der Waals surface area contributed by atoms with Gasteiger partial charge in [0.2, 0.25) is 29.4 Å². The van der Waals surface area contributed by atoms with E-state index >= 15 is 0 Å². The molecule has 0 N–H and O–H groups in total. The maximum Gasteiger partial charge on any atom is 0.426 e. The normalized spacial score (nSPS) is 13.6. The quantitative estimate of drug-likeness (QED) is 0.0116. The van der Waals surface area contributed by atoms with Gasteiger partial charge >= 0.3 is 42.0 Å². The smallest absolute Gasteiger partial charge is 0.426 e. The number of carbonyl (C=O) groups excluding carboxylic acids is 6. The van der Waals surface area contributed by atoms with Gasteiger partial charge in [0.05, 0.1) is 90.0 Å². The number of esters is 6. The Kier molecular flexibility index (Phi) is 45.4. The average molecular weight is 1680 g/mol. The summed E-state index contributed by atoms with van der Waals surface area (Å²) in [6, 6.07) is 0. The van der Waals surface area contributed by atoms with Crippen LogP contribution in [-0.2, 0) is 103 Å². The van der Waals surface area contributed by atoms with E-state index in [0.717, 1.165) is 13.8 Å². The Labute approximate surface area is 617 Å². The first kappa shape index (κ1) is 110. The number of rotatable bonds is 35. The fourth-order valence-corrected chi connectivity index (χ4v) is 8.66. The maximum atomic E-state index is 13.6. The van der Waals surface area contributed by atoms with E-state index in [9.17, 15) is 151 Å². The van der Waals surface area contributed by atoms with Crippen LogP contribution in [-0.4, -0.2) is 180 Å². The molecule has 0 spiro atoms. The number of benzene rings is 1. The average Bonchev–Trinajstić information content (AvgIpc) is 0.765. The van der Waals surface area contributed by atoms with Gasteiger partial charge in [0.15, 0.2) is 11.6 Å². The highest BCUT2D eigenvalue weighted by atomic mass is 32.2. The fourth-order valence-electron chi connectivity index (χ4n) is 5.71. The summed E-state index contributed by atoms with van der Waals surface area (Å²) >= 11 is 0. The highest BCUT2D eigenvalue weighted by molar-refractivity contribution is 7.86. The molecule has 0 saturated carbocycles. The lowest BCUT2D eigenvalue weighted by atomic mass is 9.90. The SMILES string of the molecule is CCC(C)(C)C(=O)OC(CS(=O)(=O)[O-])C(F)(F)F.CCC(C)(C)C(=O)OCC(C)C(F)(F)CS(=O)(=O)[O-].CCC(C)(C)C(=O)OCCC(F)(F)CS(=O)(=O)[O-].CCC(C)(C)C(=O)OCCCCC(C)(F)F.CCC(C)(C)C(=O)OCCS(=O)(=O)[O-].CCC(C)(C)C(=O)Oc1c(F)c(F)c(S(=O)(=O)[O-])c(F)c1F. The van der Waals surface area contributed by atoms with Gasteiger partial charge < -0.3 is 51.2 Å². The lowest BCUT2D eigenvalue weighted by Crippen LogP contribution is -2.42. The minimum Gasteiger partial charge on any atom is -0.748 e. The number of alkyl halides is 9. The van der Waals surface area contributed by atoms with Crippen LogP contribution in [0.1, 0.15) is 203 Å². The molecule has 0 aliphatic heterocycles. The maximum absolute atomic E-state index is 13.6. The minimum atomic E-state index is -5.81. The summed E-state index contributed by atoms with van der Waals surface area (Å²) in [5.74, 6) is -33.2. The molecule has 0 amide bonds. The number of carbonyl (C=O) groups is 6. The summed E-state index contributed by atoms with van der Waals surface area (Å²) in [6.45, 7) is 29.8. The molecule has 0 radical (unpaired) electrons. The van der Waals surface area contributed by atoms with E-state index in [0.29, 0.717) is 38.5 Å². The molecular weight excluding hydrogens is 1580 g/mol. The molecule has 0 aliphatic carbocycles. The first-order chi connectivity index (χ1) is 47.2. The van der Waals surface area contributed by atoms with Crippen molar-refractivity contribution in [3.63, 3.8) is 0 Å². The molecule has 0 saturated heterocycles. The fraction of sp³-hybridized carbons (Fsp3) is 0.806. The predicted octanol–water partition coefficient (Wildman–Crippen LogP) is 11.6. The van der Waals surface area contributed by atoms with Crippen LogP contribution in [0.25, 0.3) is 0 Å². The van der Waals surface area contributed by atoms with Gasteiger partial charge in [0, 0.05) is 12.8 Å². The molecule has 0 aromatic heterocycles. The molecule has 1 aromatic carbocycles. The molecule has 107 heavy (non-hydrogen) atoms. The molecule has 1 rings (SSSR count). The lowest BCUT2D eigenvalue weighted by molar-refractivity contribution is -0.220. The van der Waals surface area contributed by atoms with Crippen LogP contribution in [0.15, 0.2) is 4.90 Å². The van der Waals surface area contributed by atoms with Crippen molar-refractivity contribution in [3.8, 4) is 5.75 Å². The van der Waals surface area contributed by atoms with Crippen molar-refractivity contribution in [2.24, 2.45) is 38.4 Å². The van der Waals surface area contributed by atoms with Crippen LogP contribution in [0.4, 0.5) is 57.1 Å². The van der Waals surface area contributed by atoms with Gasteiger partial charge in [-0.15, -0.1) is 0 Å². The second kappa shape index (κ2) is 44.1. The number of ether oxygens (including phenoxy) is 6. The molecule has 1 aromatic rings. The van der Waals surface area contributed by atoms with Crippen molar-refractivity contribution in [2.45, 2.75) is 238 Å². The molecule has 2 atom stereocenters. The monoisotopic (exact) mass is 1680 g/mol. The summed E-state index contributed by atoms with van der Waals surface area (Å²) < 4.78 is 352. The van der Waals surface area contributed by atoms with Crippen LogP contribution in [0.2, 0.25) is 0 Å². The van der Waals surface area contributed by atoms with Gasteiger partial charge in [0.25, 0.3) is 11.8 Å². The summed E-state index contributed by atoms with van der Waals surface area (Å²) in [5.41, 5.74) is -5.08.